The van der Waals surface area contributed by atoms with Gasteiger partial charge in [-0.1, -0.05) is 13.3 Å². The van der Waals surface area contributed by atoms with Gasteiger partial charge in [-0.2, -0.15) is 0 Å². The first kappa shape index (κ1) is 18.2. The van der Waals surface area contributed by atoms with Crippen LogP contribution in [0.15, 0.2) is 24.5 Å². The molecule has 0 saturated carbocycles. The van der Waals surface area contributed by atoms with E-state index in [1.807, 2.05) is 6.92 Å². The molecular formula is C17H20F3N3O. The van der Waals surface area contributed by atoms with Crippen LogP contribution in [0.5, 0.6) is 5.75 Å². The van der Waals surface area contributed by atoms with Crippen LogP contribution in [0.2, 0.25) is 0 Å². The van der Waals surface area contributed by atoms with Crippen LogP contribution < -0.4 is 10.5 Å². The maximum Gasteiger partial charge on any atom is 0.267 e. The fourth-order valence-corrected chi connectivity index (χ4v) is 2.29. The van der Waals surface area contributed by atoms with E-state index >= 15 is 0 Å². The van der Waals surface area contributed by atoms with E-state index in [1.165, 1.54) is 12.3 Å². The smallest absolute Gasteiger partial charge is 0.267 e. The number of aromatic nitrogens is 2. The molecule has 0 amide bonds. The highest BCUT2D eigenvalue weighted by Gasteiger charge is 2.19. The molecular weight excluding hydrogens is 319 g/mol. The van der Waals surface area contributed by atoms with E-state index in [0.29, 0.717) is 5.69 Å². The third kappa shape index (κ3) is 4.44. The lowest BCUT2D eigenvalue weighted by atomic mass is 10.1. The number of nitrogens with zero attached hydrogens (tertiary/aromatic N) is 2. The normalized spacial score (nSPS) is 12.5. The van der Waals surface area contributed by atoms with Gasteiger partial charge in [-0.05, 0) is 25.5 Å². The Balaban J connectivity index is 2.31. The van der Waals surface area contributed by atoms with E-state index < -0.39 is 12.2 Å². The van der Waals surface area contributed by atoms with E-state index in [2.05, 4.69) is 9.97 Å². The van der Waals surface area contributed by atoms with Gasteiger partial charge in [-0.15, -0.1) is 0 Å². The number of hydrogen-bond acceptors (Lipinski definition) is 4. The van der Waals surface area contributed by atoms with Crippen LogP contribution in [0.4, 0.5) is 13.2 Å². The lowest BCUT2D eigenvalue weighted by Gasteiger charge is -2.15. The van der Waals surface area contributed by atoms with Gasteiger partial charge < -0.3 is 10.5 Å². The summed E-state index contributed by atoms with van der Waals surface area (Å²) < 4.78 is 45.9. The van der Waals surface area contributed by atoms with Gasteiger partial charge in [-0.25, -0.2) is 13.2 Å². The average Bonchev–Trinajstić information content (AvgIpc) is 2.55. The highest BCUT2D eigenvalue weighted by Crippen LogP contribution is 2.32. The Bertz CT molecular complexity index is 695. The van der Waals surface area contributed by atoms with Crippen molar-refractivity contribution in [1.82, 2.24) is 9.97 Å². The zero-order chi connectivity index (χ0) is 17.7. The molecule has 0 fully saturated rings. The van der Waals surface area contributed by atoms with E-state index in [9.17, 15) is 13.2 Å². The molecule has 0 unspecified atom stereocenters. The first-order chi connectivity index (χ1) is 11.4. The molecule has 2 rings (SSSR count). The highest BCUT2D eigenvalue weighted by atomic mass is 19.3. The van der Waals surface area contributed by atoms with Gasteiger partial charge in [-0.3, -0.25) is 9.97 Å². The molecule has 0 aliphatic heterocycles. The predicted molar refractivity (Wildman–Crippen MR) is 85.5 cm³/mol. The Morgan fingerprint density at radius 2 is 1.96 bits per heavy atom. The molecule has 2 heterocycles. The van der Waals surface area contributed by atoms with Gasteiger partial charge in [0.15, 0.2) is 5.82 Å². The summed E-state index contributed by atoms with van der Waals surface area (Å²) in [7, 11) is 0. The molecule has 1 atom stereocenters. The van der Waals surface area contributed by atoms with Crippen LogP contribution in [-0.2, 0) is 0 Å². The summed E-state index contributed by atoms with van der Waals surface area (Å²) in [5.41, 5.74) is 6.29. The summed E-state index contributed by atoms with van der Waals surface area (Å²) >= 11 is 0. The van der Waals surface area contributed by atoms with Gasteiger partial charge in [0.1, 0.15) is 12.4 Å². The Morgan fingerprint density at radius 1 is 1.21 bits per heavy atom. The molecule has 2 N–H and O–H groups in total. The number of hydrogen-bond donors (Lipinski definition) is 1. The minimum atomic E-state index is -2.77. The largest absolute Gasteiger partial charge is 0.490 e. The summed E-state index contributed by atoms with van der Waals surface area (Å²) in [5.74, 6) is -0.654. The number of rotatable bonds is 7. The van der Waals surface area contributed by atoms with Crippen LogP contribution in [0.25, 0.3) is 11.3 Å². The summed E-state index contributed by atoms with van der Waals surface area (Å²) in [6.45, 7) is 3.78. The van der Waals surface area contributed by atoms with E-state index in [1.54, 1.807) is 6.92 Å². The van der Waals surface area contributed by atoms with Crippen molar-refractivity contribution in [3.05, 3.63) is 41.6 Å². The third-order valence-electron chi connectivity index (χ3n) is 3.51. The Kier molecular flexibility index (Phi) is 6.14. The molecule has 24 heavy (non-hydrogen) atoms. The number of pyridine rings is 2. The first-order valence-electron chi connectivity index (χ1n) is 7.71. The van der Waals surface area contributed by atoms with Crippen LogP contribution in [-0.4, -0.2) is 22.6 Å². The Labute approximate surface area is 138 Å². The van der Waals surface area contributed by atoms with Crippen molar-refractivity contribution in [2.75, 3.05) is 6.61 Å². The predicted octanol–water partition coefficient (Wildman–Crippen LogP) is 4.03. The van der Waals surface area contributed by atoms with Crippen molar-refractivity contribution < 1.29 is 17.9 Å². The van der Waals surface area contributed by atoms with Crippen molar-refractivity contribution in [3.8, 4) is 17.0 Å². The highest BCUT2D eigenvalue weighted by molar-refractivity contribution is 5.62. The molecule has 0 saturated heterocycles. The second-order valence-corrected chi connectivity index (χ2v) is 5.57. The molecule has 0 aliphatic rings. The summed E-state index contributed by atoms with van der Waals surface area (Å²) in [4.78, 5) is 7.87. The monoisotopic (exact) mass is 339 g/mol. The SMILES string of the molecule is CCC[C@@H](N)COc1cnc(-c2cc(C)ncc2F)cc1C(F)F. The Hall–Kier alpha value is -2.15. The number of nitrogens with two attached hydrogens (primary N) is 1. The average molecular weight is 339 g/mol. The molecule has 2 aromatic rings. The maximum absolute atomic E-state index is 13.9. The number of halogens is 3. The molecule has 2 aromatic heterocycles. The lowest BCUT2D eigenvalue weighted by molar-refractivity contribution is 0.144. The Morgan fingerprint density at radius 3 is 2.62 bits per heavy atom. The molecule has 0 bridgehead atoms. The molecule has 0 aliphatic carbocycles. The van der Waals surface area contributed by atoms with Crippen molar-refractivity contribution in [1.29, 1.82) is 0 Å². The fourth-order valence-electron chi connectivity index (χ4n) is 2.29. The summed E-state index contributed by atoms with van der Waals surface area (Å²) in [6, 6.07) is 2.37. The zero-order valence-electron chi connectivity index (χ0n) is 13.6. The van der Waals surface area contributed by atoms with Gasteiger partial charge in [0.2, 0.25) is 0 Å². The van der Waals surface area contributed by atoms with E-state index in [0.717, 1.165) is 25.1 Å². The second kappa shape index (κ2) is 8.10. The molecule has 0 aromatic carbocycles. The standard InChI is InChI=1S/C17H20F3N3O/c1-3-4-11(21)9-24-16-8-23-15(6-13(16)17(19)20)12-5-10(2)22-7-14(12)18/h5-8,11,17H,3-4,9,21H2,1-2H3/t11-/m1/s1. The second-order valence-electron chi connectivity index (χ2n) is 5.57. The van der Waals surface area contributed by atoms with Crippen molar-refractivity contribution >= 4 is 0 Å². The minimum absolute atomic E-state index is 0.0357. The molecule has 0 spiro atoms. The fraction of sp³-hybridized carbons (Fsp3) is 0.412. The van der Waals surface area contributed by atoms with Crippen molar-refractivity contribution in [2.45, 2.75) is 39.2 Å². The molecule has 0 radical (unpaired) electrons. The lowest BCUT2D eigenvalue weighted by Crippen LogP contribution is -2.27. The molecule has 7 heteroatoms. The van der Waals surface area contributed by atoms with E-state index in [4.69, 9.17) is 10.5 Å². The van der Waals surface area contributed by atoms with Gasteiger partial charge >= 0.3 is 0 Å². The van der Waals surface area contributed by atoms with Crippen LogP contribution in [0.3, 0.4) is 0 Å². The first-order valence-corrected chi connectivity index (χ1v) is 7.71. The van der Waals surface area contributed by atoms with Gasteiger partial charge in [0.25, 0.3) is 6.43 Å². The topological polar surface area (TPSA) is 61.0 Å². The number of alkyl halides is 2. The summed E-state index contributed by atoms with van der Waals surface area (Å²) in [5, 5.41) is 0. The van der Waals surface area contributed by atoms with Crippen LogP contribution in [0, 0.1) is 12.7 Å². The number of ether oxygens (including phenoxy) is 1. The summed E-state index contributed by atoms with van der Waals surface area (Å²) in [6.07, 6.45) is 1.07. The van der Waals surface area contributed by atoms with Gasteiger partial charge in [0.05, 0.1) is 23.7 Å². The van der Waals surface area contributed by atoms with E-state index in [-0.39, 0.29) is 35.2 Å². The molecule has 4 nitrogen and oxygen atoms in total. The van der Waals surface area contributed by atoms with Crippen LogP contribution in [0.1, 0.15) is 37.4 Å². The third-order valence-corrected chi connectivity index (χ3v) is 3.51. The van der Waals surface area contributed by atoms with Crippen molar-refractivity contribution in [2.24, 2.45) is 5.73 Å². The maximum atomic E-state index is 13.9. The molecule has 130 valence electrons. The minimum Gasteiger partial charge on any atom is -0.490 e. The van der Waals surface area contributed by atoms with Crippen molar-refractivity contribution in [3.63, 3.8) is 0 Å². The quantitative estimate of drug-likeness (QED) is 0.827. The zero-order valence-corrected chi connectivity index (χ0v) is 13.6. The van der Waals surface area contributed by atoms with Crippen LogP contribution >= 0.6 is 0 Å². The number of aryl methyl sites for hydroxylation is 1. The van der Waals surface area contributed by atoms with Gasteiger partial charge in [0, 0.05) is 17.3 Å².